The fourth-order valence-electron chi connectivity index (χ4n) is 2.72. The third-order valence-corrected chi connectivity index (χ3v) is 5.20. The van der Waals surface area contributed by atoms with E-state index in [2.05, 4.69) is 4.98 Å². The van der Waals surface area contributed by atoms with Crippen molar-refractivity contribution in [1.29, 1.82) is 5.26 Å². The average Bonchev–Trinajstić information content (AvgIpc) is 3.10. The summed E-state index contributed by atoms with van der Waals surface area (Å²) in [6.45, 7) is 0. The maximum absolute atomic E-state index is 12.9. The molecule has 9 heteroatoms. The molecule has 0 unspecified atom stereocenters. The molecule has 3 rings (SSSR count). The van der Waals surface area contributed by atoms with Crippen molar-refractivity contribution in [2.45, 2.75) is 12.6 Å². The molecule has 0 radical (unpaired) electrons. The molecule has 0 saturated heterocycles. The molecule has 0 spiro atoms. The van der Waals surface area contributed by atoms with Crippen LogP contribution in [0.15, 0.2) is 42.2 Å². The molecule has 1 aromatic heterocycles. The van der Waals surface area contributed by atoms with Crippen LogP contribution in [0.25, 0.3) is 15.8 Å². The Morgan fingerprint density at radius 2 is 1.86 bits per heavy atom. The number of nitrogens with zero attached hydrogens (tertiary/aromatic N) is 2. The summed E-state index contributed by atoms with van der Waals surface area (Å²) in [6.07, 6.45) is -4.46. The van der Waals surface area contributed by atoms with E-state index in [-0.39, 0.29) is 28.3 Å². The molecule has 150 valence electrons. The lowest BCUT2D eigenvalue weighted by Crippen LogP contribution is -2.03. The van der Waals surface area contributed by atoms with Crippen LogP contribution in [0.5, 0.6) is 11.5 Å². The van der Waals surface area contributed by atoms with Crippen LogP contribution in [0.1, 0.15) is 16.1 Å². The van der Waals surface area contributed by atoms with Gasteiger partial charge in [0.05, 0.1) is 30.0 Å². The minimum atomic E-state index is -4.48. The van der Waals surface area contributed by atoms with E-state index >= 15 is 0 Å². The van der Waals surface area contributed by atoms with Crippen molar-refractivity contribution in [3.8, 4) is 17.6 Å². The van der Waals surface area contributed by atoms with Gasteiger partial charge in [-0.1, -0.05) is 6.07 Å². The van der Waals surface area contributed by atoms with Crippen LogP contribution in [0.3, 0.4) is 0 Å². The number of hydrogen-bond acceptors (Lipinski definition) is 6. The third kappa shape index (κ3) is 4.27. The molecular weight excluding hydrogens is 405 g/mol. The standard InChI is InChI=1S/C20H15F3N2O3S/c1-27-16-5-3-11(8-17(16)28-2)7-15(26)13(10-24)19-25-14-9-12(20(21,22)23)4-6-18(14)29-19/h3-6,8-9,26H,7H2,1-2H3. The summed E-state index contributed by atoms with van der Waals surface area (Å²) < 4.78 is 49.5. The summed E-state index contributed by atoms with van der Waals surface area (Å²) in [6, 6.07) is 10.1. The third-order valence-electron chi connectivity index (χ3n) is 4.15. The highest BCUT2D eigenvalue weighted by Gasteiger charge is 2.31. The summed E-state index contributed by atoms with van der Waals surface area (Å²) in [5.74, 6) is 0.748. The van der Waals surface area contributed by atoms with E-state index < -0.39 is 11.7 Å². The molecule has 0 amide bonds. The molecule has 0 aliphatic carbocycles. The van der Waals surface area contributed by atoms with E-state index in [1.165, 1.54) is 20.3 Å². The lowest BCUT2D eigenvalue weighted by Gasteiger charge is -2.09. The second kappa shape index (κ2) is 8.01. The minimum Gasteiger partial charge on any atom is -0.510 e. The van der Waals surface area contributed by atoms with Crippen LogP contribution < -0.4 is 9.47 Å². The van der Waals surface area contributed by atoms with Crippen LogP contribution >= 0.6 is 11.3 Å². The highest BCUT2D eigenvalue weighted by molar-refractivity contribution is 7.19. The second-order valence-electron chi connectivity index (χ2n) is 6.00. The largest absolute Gasteiger partial charge is 0.510 e. The number of rotatable bonds is 5. The van der Waals surface area contributed by atoms with Crippen molar-refractivity contribution in [2.24, 2.45) is 0 Å². The molecule has 3 aromatic rings. The summed E-state index contributed by atoms with van der Waals surface area (Å²) in [5.41, 5.74) is -0.131. The van der Waals surface area contributed by atoms with Gasteiger partial charge in [0, 0.05) is 6.42 Å². The summed E-state index contributed by atoms with van der Waals surface area (Å²) >= 11 is 1.04. The molecule has 1 heterocycles. The number of alkyl halides is 3. The van der Waals surface area contributed by atoms with Gasteiger partial charge >= 0.3 is 6.18 Å². The number of aliphatic hydroxyl groups is 1. The van der Waals surface area contributed by atoms with Gasteiger partial charge in [0.25, 0.3) is 0 Å². The Morgan fingerprint density at radius 1 is 1.14 bits per heavy atom. The van der Waals surface area contributed by atoms with Crippen LogP contribution in [0, 0.1) is 11.3 Å². The normalized spacial score (nSPS) is 12.4. The number of hydrogen-bond donors (Lipinski definition) is 1. The number of allylic oxidation sites excluding steroid dienone is 2. The number of benzene rings is 2. The molecule has 1 N–H and O–H groups in total. The zero-order valence-corrected chi connectivity index (χ0v) is 16.2. The van der Waals surface area contributed by atoms with Crippen molar-refractivity contribution in [2.75, 3.05) is 14.2 Å². The van der Waals surface area contributed by atoms with Gasteiger partial charge < -0.3 is 14.6 Å². The number of thiazole rings is 1. The summed E-state index contributed by atoms with van der Waals surface area (Å²) in [4.78, 5) is 4.12. The quantitative estimate of drug-likeness (QED) is 0.444. The first-order valence-electron chi connectivity index (χ1n) is 8.28. The van der Waals surface area contributed by atoms with E-state index in [0.29, 0.717) is 21.8 Å². The molecule has 5 nitrogen and oxygen atoms in total. The van der Waals surface area contributed by atoms with Crippen LogP contribution in [0.4, 0.5) is 13.2 Å². The average molecular weight is 420 g/mol. The van der Waals surface area contributed by atoms with Crippen LogP contribution in [0.2, 0.25) is 0 Å². The van der Waals surface area contributed by atoms with Gasteiger partial charge in [-0.05, 0) is 35.9 Å². The predicted molar refractivity (Wildman–Crippen MR) is 103 cm³/mol. The number of fused-ring (bicyclic) bond motifs is 1. The van der Waals surface area contributed by atoms with E-state index in [0.717, 1.165) is 23.5 Å². The predicted octanol–water partition coefficient (Wildman–Crippen LogP) is 5.37. The number of aliphatic hydroxyl groups excluding tert-OH is 1. The van der Waals surface area contributed by atoms with Crippen molar-refractivity contribution >= 4 is 27.1 Å². The van der Waals surface area contributed by atoms with Crippen molar-refractivity contribution in [3.63, 3.8) is 0 Å². The Kier molecular flexibility index (Phi) is 5.66. The first kappa shape index (κ1) is 20.5. The zero-order chi connectivity index (χ0) is 21.2. The Morgan fingerprint density at radius 3 is 2.48 bits per heavy atom. The van der Waals surface area contributed by atoms with Crippen molar-refractivity contribution in [1.82, 2.24) is 4.98 Å². The van der Waals surface area contributed by atoms with Gasteiger partial charge in [0.1, 0.15) is 22.4 Å². The number of methoxy groups -OCH3 is 2. The Bertz CT molecular complexity index is 1130. The van der Waals surface area contributed by atoms with E-state index in [1.807, 2.05) is 6.07 Å². The zero-order valence-electron chi connectivity index (χ0n) is 15.4. The van der Waals surface area contributed by atoms with Gasteiger partial charge in [-0.2, -0.15) is 18.4 Å². The smallest absolute Gasteiger partial charge is 0.416 e. The van der Waals surface area contributed by atoms with E-state index in [9.17, 15) is 23.5 Å². The minimum absolute atomic E-state index is 0.0208. The first-order chi connectivity index (χ1) is 13.8. The molecule has 0 aliphatic heterocycles. The second-order valence-corrected chi connectivity index (χ2v) is 7.03. The molecule has 0 aliphatic rings. The summed E-state index contributed by atoms with van der Waals surface area (Å²) in [5, 5.41) is 20.1. The van der Waals surface area contributed by atoms with E-state index in [4.69, 9.17) is 9.47 Å². The van der Waals surface area contributed by atoms with Crippen molar-refractivity contribution < 1.29 is 27.8 Å². The highest BCUT2D eigenvalue weighted by Crippen LogP contribution is 2.35. The molecular formula is C20H15F3N2O3S. The molecule has 2 aromatic carbocycles. The van der Waals surface area contributed by atoms with Crippen LogP contribution in [-0.4, -0.2) is 24.3 Å². The van der Waals surface area contributed by atoms with Gasteiger partial charge in [0.2, 0.25) is 0 Å². The lowest BCUT2D eigenvalue weighted by molar-refractivity contribution is -0.137. The molecule has 0 fully saturated rings. The summed E-state index contributed by atoms with van der Waals surface area (Å²) in [7, 11) is 2.98. The van der Waals surface area contributed by atoms with Crippen LogP contribution in [-0.2, 0) is 12.6 Å². The molecule has 0 atom stereocenters. The fourth-order valence-corrected chi connectivity index (χ4v) is 3.68. The Labute approximate surface area is 168 Å². The lowest BCUT2D eigenvalue weighted by atomic mass is 10.1. The SMILES string of the molecule is COc1ccc(CC(O)=C(C#N)c2nc3cc(C(F)(F)F)ccc3s2)cc1OC. The van der Waals surface area contributed by atoms with Crippen molar-refractivity contribution in [3.05, 3.63) is 58.3 Å². The van der Waals surface area contributed by atoms with Gasteiger partial charge in [-0.3, -0.25) is 0 Å². The topological polar surface area (TPSA) is 75.4 Å². The molecule has 0 saturated carbocycles. The van der Waals surface area contributed by atoms with Gasteiger partial charge in [-0.15, -0.1) is 11.3 Å². The fraction of sp³-hybridized carbons (Fsp3) is 0.200. The first-order valence-corrected chi connectivity index (χ1v) is 9.09. The Hall–Kier alpha value is -3.25. The number of nitriles is 1. The van der Waals surface area contributed by atoms with E-state index in [1.54, 1.807) is 18.2 Å². The Balaban J connectivity index is 1.97. The van der Waals surface area contributed by atoms with Gasteiger partial charge in [0.15, 0.2) is 11.5 Å². The maximum atomic E-state index is 12.9. The highest BCUT2D eigenvalue weighted by atomic mass is 32.1. The number of aromatic nitrogens is 1. The van der Waals surface area contributed by atoms with Gasteiger partial charge in [-0.25, -0.2) is 4.98 Å². The molecule has 29 heavy (non-hydrogen) atoms. The molecule has 0 bridgehead atoms. The monoisotopic (exact) mass is 420 g/mol. The number of halogens is 3. The number of ether oxygens (including phenoxy) is 2. The maximum Gasteiger partial charge on any atom is 0.416 e.